The van der Waals surface area contributed by atoms with Crippen molar-refractivity contribution < 1.29 is 27.1 Å². The highest BCUT2D eigenvalue weighted by Crippen LogP contribution is 2.38. The number of ether oxygens (including phenoxy) is 1. The largest absolute Gasteiger partial charge is 0.495 e. The van der Waals surface area contributed by atoms with Crippen LogP contribution in [-0.2, 0) is 19.1 Å². The molecule has 0 fully saturated rings. The summed E-state index contributed by atoms with van der Waals surface area (Å²) in [5, 5.41) is 15.8. The number of hydrogen-bond donors (Lipinski definition) is 4. The lowest BCUT2D eigenvalue weighted by molar-refractivity contribution is -0.137. The second kappa shape index (κ2) is 9.09. The van der Waals surface area contributed by atoms with E-state index in [0.29, 0.717) is 24.0 Å². The van der Waals surface area contributed by atoms with Crippen molar-refractivity contribution in [3.63, 3.8) is 0 Å². The van der Waals surface area contributed by atoms with E-state index in [1.54, 1.807) is 0 Å². The third-order valence-electron chi connectivity index (χ3n) is 5.14. The molecule has 0 spiro atoms. The first-order valence-electron chi connectivity index (χ1n) is 10.0. The van der Waals surface area contributed by atoms with Crippen LogP contribution in [0.15, 0.2) is 30.3 Å². The molecule has 4 rings (SSSR count). The van der Waals surface area contributed by atoms with E-state index in [9.17, 15) is 22.4 Å². The number of primary amides is 1. The van der Waals surface area contributed by atoms with Crippen LogP contribution in [0.1, 0.15) is 27.2 Å². The van der Waals surface area contributed by atoms with E-state index in [4.69, 9.17) is 10.5 Å². The number of anilines is 4. The SMILES string of the molecule is COc1cc2c(cc1Nc1nnc(C(N)=O)c(Nc3c(F)cccc3C(F)(F)F)n1)CNCC2. The minimum absolute atomic E-state index is 0.181. The first-order valence-corrected chi connectivity index (χ1v) is 10.0. The molecule has 1 amide bonds. The summed E-state index contributed by atoms with van der Waals surface area (Å²) in [4.78, 5) is 15.8. The number of fused-ring (bicyclic) bond motifs is 1. The first kappa shape index (κ1) is 23.2. The van der Waals surface area contributed by atoms with Crippen LogP contribution in [-0.4, -0.2) is 34.7 Å². The van der Waals surface area contributed by atoms with Crippen LogP contribution in [0.25, 0.3) is 0 Å². The number of hydrogen-bond acceptors (Lipinski definition) is 8. The summed E-state index contributed by atoms with van der Waals surface area (Å²) >= 11 is 0. The third kappa shape index (κ3) is 4.69. The fourth-order valence-corrected chi connectivity index (χ4v) is 3.53. The predicted molar refractivity (Wildman–Crippen MR) is 115 cm³/mol. The van der Waals surface area contributed by atoms with E-state index in [2.05, 4.69) is 31.1 Å². The highest BCUT2D eigenvalue weighted by molar-refractivity contribution is 5.96. The Morgan fingerprint density at radius 1 is 1.18 bits per heavy atom. The zero-order valence-corrected chi connectivity index (χ0v) is 17.8. The van der Waals surface area contributed by atoms with Crippen molar-refractivity contribution in [3.05, 3.63) is 58.5 Å². The summed E-state index contributed by atoms with van der Waals surface area (Å²) in [5.41, 5.74) is 5.06. The summed E-state index contributed by atoms with van der Waals surface area (Å²) in [5.74, 6) is -2.52. The fraction of sp³-hybridized carbons (Fsp3) is 0.238. The van der Waals surface area contributed by atoms with Gasteiger partial charge >= 0.3 is 6.18 Å². The van der Waals surface area contributed by atoms with Crippen LogP contribution in [0.4, 0.5) is 40.7 Å². The molecule has 13 heteroatoms. The van der Waals surface area contributed by atoms with E-state index >= 15 is 0 Å². The number of aromatic nitrogens is 3. The number of nitrogens with one attached hydrogen (secondary N) is 3. The molecule has 178 valence electrons. The Bertz CT molecular complexity index is 1250. The molecule has 1 aliphatic rings. The van der Waals surface area contributed by atoms with Crippen molar-refractivity contribution in [2.75, 3.05) is 24.3 Å². The van der Waals surface area contributed by atoms with Crippen LogP contribution in [0.5, 0.6) is 5.75 Å². The van der Waals surface area contributed by atoms with Crippen LogP contribution < -0.4 is 26.4 Å². The van der Waals surface area contributed by atoms with E-state index < -0.39 is 40.7 Å². The summed E-state index contributed by atoms with van der Waals surface area (Å²) in [6, 6.07) is 6.12. The standard InChI is InChI=1S/C21H19F4N7O2/c1-34-15-8-10-5-6-27-9-11(10)7-14(15)28-20-30-19(17(18(26)33)31-32-20)29-16-12(21(23,24)25)3-2-4-13(16)22/h2-4,7-8,27H,5-6,9H2,1H3,(H2,26,33)(H2,28,29,30,32). The lowest BCUT2D eigenvalue weighted by atomic mass is 10.00. The van der Waals surface area contributed by atoms with E-state index in [-0.39, 0.29) is 5.95 Å². The van der Waals surface area contributed by atoms with Gasteiger partial charge in [-0.3, -0.25) is 4.79 Å². The Kier molecular flexibility index (Phi) is 6.20. The highest BCUT2D eigenvalue weighted by Gasteiger charge is 2.35. The van der Waals surface area contributed by atoms with Gasteiger partial charge in [0.15, 0.2) is 11.5 Å². The summed E-state index contributed by atoms with van der Waals surface area (Å²) in [6.07, 6.45) is -4.06. The number of carbonyl (C=O) groups excluding carboxylic acids is 1. The zero-order valence-electron chi connectivity index (χ0n) is 17.8. The van der Waals surface area contributed by atoms with Crippen molar-refractivity contribution in [2.24, 2.45) is 5.73 Å². The molecular formula is C21H19F4N7O2. The number of amides is 1. The Morgan fingerprint density at radius 2 is 1.97 bits per heavy atom. The summed E-state index contributed by atoms with van der Waals surface area (Å²) in [6.45, 7) is 1.46. The van der Waals surface area contributed by atoms with Crippen LogP contribution in [0, 0.1) is 5.82 Å². The molecule has 2 aromatic carbocycles. The lowest BCUT2D eigenvalue weighted by Gasteiger charge is -2.20. The predicted octanol–water partition coefficient (Wildman–Crippen LogP) is 3.27. The number of alkyl halides is 3. The lowest BCUT2D eigenvalue weighted by Crippen LogP contribution is -2.23. The normalized spacial score (nSPS) is 13.2. The number of halogens is 4. The van der Waals surface area contributed by atoms with Gasteiger partial charge in [0.2, 0.25) is 5.95 Å². The van der Waals surface area contributed by atoms with Crippen LogP contribution >= 0.6 is 0 Å². The molecule has 1 aliphatic heterocycles. The number of rotatable bonds is 6. The molecule has 0 radical (unpaired) electrons. The smallest absolute Gasteiger partial charge is 0.418 e. The van der Waals surface area contributed by atoms with E-state index in [0.717, 1.165) is 36.2 Å². The minimum atomic E-state index is -4.87. The number of methoxy groups -OCH3 is 1. The average molecular weight is 477 g/mol. The van der Waals surface area contributed by atoms with Crippen molar-refractivity contribution in [2.45, 2.75) is 19.1 Å². The van der Waals surface area contributed by atoms with Crippen LogP contribution in [0.3, 0.4) is 0 Å². The molecule has 9 nitrogen and oxygen atoms in total. The quantitative estimate of drug-likeness (QED) is 0.399. The molecule has 0 bridgehead atoms. The molecule has 5 N–H and O–H groups in total. The Labute approximate surface area is 190 Å². The number of benzene rings is 2. The maximum atomic E-state index is 14.3. The highest BCUT2D eigenvalue weighted by atomic mass is 19.4. The molecule has 0 unspecified atom stereocenters. The molecule has 0 saturated carbocycles. The van der Waals surface area contributed by atoms with Gasteiger partial charge < -0.3 is 26.4 Å². The topological polar surface area (TPSA) is 127 Å². The Balaban J connectivity index is 1.73. The van der Waals surface area contributed by atoms with Crippen molar-refractivity contribution in [3.8, 4) is 5.75 Å². The number of nitrogens with zero attached hydrogens (tertiary/aromatic N) is 3. The first-order chi connectivity index (χ1) is 16.2. The number of carbonyl (C=O) groups is 1. The molecule has 0 saturated heterocycles. The number of nitrogens with two attached hydrogens (primary N) is 1. The number of para-hydroxylation sites is 1. The molecule has 34 heavy (non-hydrogen) atoms. The minimum Gasteiger partial charge on any atom is -0.495 e. The Hall–Kier alpha value is -4.00. The maximum absolute atomic E-state index is 14.3. The van der Waals surface area contributed by atoms with Gasteiger partial charge in [0, 0.05) is 6.54 Å². The van der Waals surface area contributed by atoms with Gasteiger partial charge in [0.25, 0.3) is 5.91 Å². The van der Waals surface area contributed by atoms with Crippen molar-refractivity contribution in [1.82, 2.24) is 20.5 Å². The van der Waals surface area contributed by atoms with Gasteiger partial charge in [0.1, 0.15) is 11.6 Å². The van der Waals surface area contributed by atoms with Gasteiger partial charge in [-0.05, 0) is 48.4 Å². The van der Waals surface area contributed by atoms with Gasteiger partial charge in [-0.15, -0.1) is 10.2 Å². The second-order valence-electron chi connectivity index (χ2n) is 7.36. The van der Waals surface area contributed by atoms with E-state index in [1.165, 1.54) is 7.11 Å². The maximum Gasteiger partial charge on any atom is 0.418 e. The average Bonchev–Trinajstić information content (AvgIpc) is 2.79. The molecule has 0 aliphatic carbocycles. The molecule has 2 heterocycles. The summed E-state index contributed by atoms with van der Waals surface area (Å²) < 4.78 is 59.9. The molecular weight excluding hydrogens is 458 g/mol. The van der Waals surface area contributed by atoms with Gasteiger partial charge in [-0.25, -0.2) is 4.39 Å². The Morgan fingerprint density at radius 3 is 2.68 bits per heavy atom. The molecule has 3 aromatic rings. The van der Waals surface area contributed by atoms with Crippen LogP contribution in [0.2, 0.25) is 0 Å². The van der Waals surface area contributed by atoms with Crippen molar-refractivity contribution in [1.29, 1.82) is 0 Å². The summed E-state index contributed by atoms with van der Waals surface area (Å²) in [7, 11) is 1.48. The van der Waals surface area contributed by atoms with Gasteiger partial charge in [-0.2, -0.15) is 18.2 Å². The molecule has 0 atom stereocenters. The third-order valence-corrected chi connectivity index (χ3v) is 5.14. The second-order valence-corrected chi connectivity index (χ2v) is 7.36. The molecule has 1 aromatic heterocycles. The fourth-order valence-electron chi connectivity index (χ4n) is 3.53. The van der Waals surface area contributed by atoms with Gasteiger partial charge in [0.05, 0.1) is 24.0 Å². The van der Waals surface area contributed by atoms with E-state index in [1.807, 2.05) is 12.1 Å². The van der Waals surface area contributed by atoms with Gasteiger partial charge in [-0.1, -0.05) is 6.07 Å². The zero-order chi connectivity index (χ0) is 24.5. The van der Waals surface area contributed by atoms with Crippen molar-refractivity contribution >= 4 is 29.0 Å². The monoisotopic (exact) mass is 477 g/mol.